The van der Waals surface area contributed by atoms with Gasteiger partial charge in [0.25, 0.3) is 0 Å². The minimum absolute atomic E-state index is 0.144. The van der Waals surface area contributed by atoms with E-state index in [1.165, 1.54) is 13.3 Å². The summed E-state index contributed by atoms with van der Waals surface area (Å²) >= 11 is 0. The molecule has 5 N–H and O–H groups in total. The number of anilines is 6. The van der Waals surface area contributed by atoms with E-state index >= 15 is 0 Å². The summed E-state index contributed by atoms with van der Waals surface area (Å²) in [4.78, 5) is 31.7. The molecule has 9 heteroatoms. The smallest absolute Gasteiger partial charge is 0.340 e. The maximum Gasteiger partial charge on any atom is 0.340 e. The predicted molar refractivity (Wildman–Crippen MR) is 116 cm³/mol. The Morgan fingerprint density at radius 1 is 0.967 bits per heavy atom. The summed E-state index contributed by atoms with van der Waals surface area (Å²) in [7, 11) is 0. The largest absolute Gasteiger partial charge is 0.462 e. The number of nitrogens with one attached hydrogen (secondary N) is 3. The van der Waals surface area contributed by atoms with Gasteiger partial charge in [0.2, 0.25) is 5.91 Å². The van der Waals surface area contributed by atoms with Crippen molar-refractivity contribution < 1.29 is 14.3 Å². The molecule has 2 aromatic carbocycles. The molecule has 0 spiro atoms. The molecule has 1 heterocycles. The molecule has 0 aliphatic heterocycles. The molecule has 0 unspecified atom stereocenters. The van der Waals surface area contributed by atoms with Crippen LogP contribution in [0.5, 0.6) is 0 Å². The van der Waals surface area contributed by atoms with Crippen molar-refractivity contribution in [1.82, 2.24) is 9.97 Å². The molecule has 3 rings (SSSR count). The number of amides is 1. The van der Waals surface area contributed by atoms with Crippen LogP contribution in [0.2, 0.25) is 0 Å². The molecule has 0 fully saturated rings. The molecule has 0 aliphatic rings. The van der Waals surface area contributed by atoms with Crippen LogP contribution in [0.15, 0.2) is 54.9 Å². The lowest BCUT2D eigenvalue weighted by Crippen LogP contribution is -2.10. The van der Waals surface area contributed by atoms with E-state index in [9.17, 15) is 9.59 Å². The second-order valence-corrected chi connectivity index (χ2v) is 6.26. The number of hydrogen-bond donors (Lipinski definition) is 4. The third-order valence-corrected chi connectivity index (χ3v) is 4.03. The number of carbonyl (C=O) groups excluding carboxylic acids is 2. The van der Waals surface area contributed by atoms with Gasteiger partial charge in [0.05, 0.1) is 17.9 Å². The third kappa shape index (κ3) is 5.02. The summed E-state index contributed by atoms with van der Waals surface area (Å²) in [6, 6.07) is 14.0. The Balaban J connectivity index is 1.81. The SMILES string of the molecule is CCOC(=O)c1ccccc1Nc1ncnc(Nc2ccc(NC(C)=O)cc2)c1N. The molecule has 0 bridgehead atoms. The van der Waals surface area contributed by atoms with Gasteiger partial charge < -0.3 is 26.4 Å². The van der Waals surface area contributed by atoms with Gasteiger partial charge in [-0.2, -0.15) is 0 Å². The summed E-state index contributed by atoms with van der Waals surface area (Å²) in [5, 5.41) is 8.89. The lowest BCUT2D eigenvalue weighted by molar-refractivity contribution is -0.114. The highest BCUT2D eigenvalue weighted by Gasteiger charge is 2.15. The fraction of sp³-hybridized carbons (Fsp3) is 0.143. The first kappa shape index (κ1) is 20.6. The topological polar surface area (TPSA) is 131 Å². The van der Waals surface area contributed by atoms with Crippen LogP contribution in [0.3, 0.4) is 0 Å². The summed E-state index contributed by atoms with van der Waals surface area (Å²) in [6.07, 6.45) is 1.36. The molecule has 0 aliphatic carbocycles. The van der Waals surface area contributed by atoms with Crippen molar-refractivity contribution >= 4 is 46.3 Å². The number of hydrogen-bond acceptors (Lipinski definition) is 8. The molecule has 0 saturated carbocycles. The Morgan fingerprint density at radius 3 is 2.27 bits per heavy atom. The summed E-state index contributed by atoms with van der Waals surface area (Å²) in [5.41, 5.74) is 8.82. The van der Waals surface area contributed by atoms with Gasteiger partial charge in [-0.25, -0.2) is 14.8 Å². The highest BCUT2D eigenvalue weighted by Crippen LogP contribution is 2.29. The van der Waals surface area contributed by atoms with Crippen molar-refractivity contribution in [2.24, 2.45) is 0 Å². The average molecular weight is 406 g/mol. The second kappa shape index (κ2) is 9.37. The zero-order valence-corrected chi connectivity index (χ0v) is 16.6. The lowest BCUT2D eigenvalue weighted by Gasteiger charge is -2.14. The average Bonchev–Trinajstić information content (AvgIpc) is 2.72. The maximum atomic E-state index is 12.2. The van der Waals surface area contributed by atoms with Gasteiger partial charge in [0.15, 0.2) is 11.6 Å². The highest BCUT2D eigenvalue weighted by atomic mass is 16.5. The van der Waals surface area contributed by atoms with Crippen LogP contribution in [-0.4, -0.2) is 28.5 Å². The Labute approximate surface area is 173 Å². The van der Waals surface area contributed by atoms with Crippen LogP contribution in [0.25, 0.3) is 0 Å². The maximum absolute atomic E-state index is 12.2. The molecule has 1 aromatic heterocycles. The van der Waals surface area contributed by atoms with Crippen LogP contribution in [0, 0.1) is 0 Å². The van der Waals surface area contributed by atoms with E-state index in [-0.39, 0.29) is 18.2 Å². The van der Waals surface area contributed by atoms with E-state index in [1.807, 2.05) is 0 Å². The van der Waals surface area contributed by atoms with Crippen molar-refractivity contribution in [2.75, 3.05) is 28.3 Å². The number of nitrogen functional groups attached to an aromatic ring is 1. The number of ether oxygens (including phenoxy) is 1. The predicted octanol–water partition coefficient (Wildman–Crippen LogP) is 3.68. The van der Waals surface area contributed by atoms with Crippen molar-refractivity contribution in [2.45, 2.75) is 13.8 Å². The number of nitrogens with zero attached hydrogens (tertiary/aromatic N) is 2. The van der Waals surface area contributed by atoms with Crippen molar-refractivity contribution in [3.05, 3.63) is 60.4 Å². The monoisotopic (exact) mass is 406 g/mol. The summed E-state index contributed by atoms with van der Waals surface area (Å²) < 4.78 is 5.09. The first-order valence-corrected chi connectivity index (χ1v) is 9.26. The lowest BCUT2D eigenvalue weighted by atomic mass is 10.2. The minimum Gasteiger partial charge on any atom is -0.462 e. The van der Waals surface area contributed by atoms with Crippen molar-refractivity contribution in [3.63, 3.8) is 0 Å². The molecule has 0 radical (unpaired) electrons. The molecular formula is C21H22N6O3. The van der Waals surface area contributed by atoms with Crippen LogP contribution in [0.4, 0.5) is 34.4 Å². The zero-order chi connectivity index (χ0) is 21.5. The molecular weight excluding hydrogens is 384 g/mol. The molecule has 9 nitrogen and oxygen atoms in total. The number of carbonyl (C=O) groups is 2. The summed E-state index contributed by atoms with van der Waals surface area (Å²) in [5.74, 6) is 0.160. The standard InChI is InChI=1S/C21H22N6O3/c1-3-30-21(29)16-6-4-5-7-17(16)27-20-18(22)19(23-12-24-20)26-15-10-8-14(9-11-15)25-13(2)28/h4-12H,3,22H2,1-2H3,(H,25,28)(H2,23,24,26,27). The Morgan fingerprint density at radius 2 is 1.60 bits per heavy atom. The van der Waals surface area contributed by atoms with Crippen LogP contribution < -0.4 is 21.7 Å². The summed E-state index contributed by atoms with van der Waals surface area (Å²) in [6.45, 7) is 3.47. The number of benzene rings is 2. The van der Waals surface area contributed by atoms with E-state index in [4.69, 9.17) is 10.5 Å². The fourth-order valence-corrected chi connectivity index (χ4v) is 2.68. The van der Waals surface area contributed by atoms with Gasteiger partial charge in [0, 0.05) is 18.3 Å². The first-order valence-electron chi connectivity index (χ1n) is 9.26. The van der Waals surface area contributed by atoms with Crippen molar-refractivity contribution in [1.29, 1.82) is 0 Å². The van der Waals surface area contributed by atoms with Gasteiger partial charge in [0.1, 0.15) is 12.0 Å². The van der Waals surface area contributed by atoms with E-state index in [1.54, 1.807) is 55.5 Å². The number of aromatic nitrogens is 2. The van der Waals surface area contributed by atoms with Gasteiger partial charge in [-0.1, -0.05) is 12.1 Å². The molecule has 30 heavy (non-hydrogen) atoms. The minimum atomic E-state index is -0.439. The molecule has 3 aromatic rings. The Hall–Kier alpha value is -4.14. The Bertz CT molecular complexity index is 1050. The molecule has 0 saturated heterocycles. The van der Waals surface area contributed by atoms with Crippen molar-refractivity contribution in [3.8, 4) is 0 Å². The van der Waals surface area contributed by atoms with Gasteiger partial charge in [-0.05, 0) is 43.3 Å². The number of rotatable bonds is 7. The van der Waals surface area contributed by atoms with Crippen LogP contribution >= 0.6 is 0 Å². The molecule has 154 valence electrons. The second-order valence-electron chi connectivity index (χ2n) is 6.26. The van der Waals surface area contributed by atoms with Gasteiger partial charge in [-0.15, -0.1) is 0 Å². The fourth-order valence-electron chi connectivity index (χ4n) is 2.68. The van der Waals surface area contributed by atoms with E-state index in [0.717, 1.165) is 5.69 Å². The molecule has 1 amide bonds. The Kier molecular flexibility index (Phi) is 6.43. The van der Waals surface area contributed by atoms with E-state index in [2.05, 4.69) is 25.9 Å². The van der Waals surface area contributed by atoms with Crippen LogP contribution in [0.1, 0.15) is 24.2 Å². The highest BCUT2D eigenvalue weighted by molar-refractivity contribution is 5.97. The van der Waals surface area contributed by atoms with E-state index in [0.29, 0.717) is 28.6 Å². The zero-order valence-electron chi connectivity index (χ0n) is 16.6. The number of nitrogens with two attached hydrogens (primary N) is 1. The first-order chi connectivity index (χ1) is 14.5. The van der Waals surface area contributed by atoms with Crippen LogP contribution in [-0.2, 0) is 9.53 Å². The van der Waals surface area contributed by atoms with Gasteiger partial charge in [-0.3, -0.25) is 4.79 Å². The quantitative estimate of drug-likeness (QED) is 0.437. The number of para-hydroxylation sites is 1. The number of esters is 1. The van der Waals surface area contributed by atoms with E-state index < -0.39 is 5.97 Å². The third-order valence-electron chi connectivity index (χ3n) is 4.03. The normalized spacial score (nSPS) is 10.2. The molecule has 0 atom stereocenters. The van der Waals surface area contributed by atoms with Gasteiger partial charge >= 0.3 is 5.97 Å².